The first-order valence-corrected chi connectivity index (χ1v) is 15.3. The van der Waals surface area contributed by atoms with E-state index in [1.165, 1.54) is 6.26 Å². The Morgan fingerprint density at radius 1 is 1.03 bits per heavy atom. The molecule has 3 heterocycles. The Kier molecular flexibility index (Phi) is 6.96. The maximum absolute atomic E-state index is 12.4. The van der Waals surface area contributed by atoms with E-state index in [-0.39, 0.29) is 24.2 Å². The molecule has 206 valence electrons. The molecule has 2 atom stereocenters. The van der Waals surface area contributed by atoms with E-state index in [9.17, 15) is 13.2 Å². The molecule has 4 aliphatic rings. The average Bonchev–Trinajstić information content (AvgIpc) is 3.24. The molecule has 10 heteroatoms. The van der Waals surface area contributed by atoms with Crippen molar-refractivity contribution in [3.05, 3.63) is 48.7 Å². The van der Waals surface area contributed by atoms with E-state index < -0.39 is 15.4 Å². The zero-order valence-electron chi connectivity index (χ0n) is 22.9. The molecule has 2 fully saturated rings. The van der Waals surface area contributed by atoms with E-state index in [4.69, 9.17) is 9.73 Å². The van der Waals surface area contributed by atoms with Crippen LogP contribution in [0.3, 0.4) is 0 Å². The summed E-state index contributed by atoms with van der Waals surface area (Å²) in [5.74, 6) is 1.30. The van der Waals surface area contributed by atoms with Gasteiger partial charge in [-0.2, -0.15) is 0 Å². The van der Waals surface area contributed by atoms with Gasteiger partial charge >= 0.3 is 6.09 Å². The number of carbonyl (C=O) groups excluding carboxylic acids is 1. The Balaban J connectivity index is 1.16. The minimum absolute atomic E-state index is 0.0642. The first-order chi connectivity index (χ1) is 17.9. The highest BCUT2D eigenvalue weighted by molar-refractivity contribution is 7.90. The number of nitrogens with zero attached hydrogens (tertiary/aromatic N) is 5. The van der Waals surface area contributed by atoms with Crippen molar-refractivity contribution < 1.29 is 17.9 Å². The summed E-state index contributed by atoms with van der Waals surface area (Å²) in [5, 5.41) is 0. The van der Waals surface area contributed by atoms with Crippen LogP contribution in [0.15, 0.2) is 58.6 Å². The summed E-state index contributed by atoms with van der Waals surface area (Å²) in [6, 6.07) is 7.70. The number of fused-ring (bicyclic) bond motifs is 1. The normalized spacial score (nSPS) is 27.1. The first-order valence-electron chi connectivity index (χ1n) is 13.4. The Morgan fingerprint density at radius 3 is 2.26 bits per heavy atom. The number of piperazine rings is 1. The first kappa shape index (κ1) is 26.6. The van der Waals surface area contributed by atoms with E-state index in [0.717, 1.165) is 50.5 Å². The van der Waals surface area contributed by atoms with Gasteiger partial charge in [-0.15, -0.1) is 0 Å². The predicted molar refractivity (Wildman–Crippen MR) is 149 cm³/mol. The number of amides is 1. The zero-order valence-corrected chi connectivity index (χ0v) is 23.8. The van der Waals surface area contributed by atoms with Crippen LogP contribution in [-0.4, -0.2) is 98.4 Å². The fourth-order valence-corrected chi connectivity index (χ4v) is 6.13. The van der Waals surface area contributed by atoms with Gasteiger partial charge in [-0.1, -0.05) is 12.2 Å². The number of carbonyl (C=O) groups is 1. The largest absolute Gasteiger partial charge is 0.444 e. The second kappa shape index (κ2) is 9.94. The van der Waals surface area contributed by atoms with Crippen molar-refractivity contribution in [2.75, 3.05) is 44.4 Å². The van der Waals surface area contributed by atoms with Crippen LogP contribution in [0, 0.1) is 5.92 Å². The SMILES string of the molecule is CN(C(=O)OC(C)(C)C)[C@H]1C[C@H](N2C=CC3C=CC(N4CCN(c5ccc(S(C)(=O)=O)cc5)CC4)=NC32)C1. The van der Waals surface area contributed by atoms with Gasteiger partial charge < -0.3 is 24.3 Å². The van der Waals surface area contributed by atoms with Crippen LogP contribution in [-0.2, 0) is 14.6 Å². The number of hydrogen-bond donors (Lipinski definition) is 0. The molecule has 1 saturated carbocycles. The van der Waals surface area contributed by atoms with Crippen LogP contribution in [0.5, 0.6) is 0 Å². The molecule has 0 bridgehead atoms. The van der Waals surface area contributed by atoms with Crippen molar-refractivity contribution >= 4 is 27.5 Å². The quantitative estimate of drug-likeness (QED) is 0.578. The van der Waals surface area contributed by atoms with Gasteiger partial charge in [-0.05, 0) is 70.2 Å². The minimum Gasteiger partial charge on any atom is -0.444 e. The maximum Gasteiger partial charge on any atom is 0.410 e. The smallest absolute Gasteiger partial charge is 0.410 e. The molecule has 0 spiro atoms. The monoisotopic (exact) mass is 541 g/mol. The molecule has 2 unspecified atom stereocenters. The van der Waals surface area contributed by atoms with Crippen molar-refractivity contribution in [3.63, 3.8) is 0 Å². The molecule has 1 aromatic carbocycles. The maximum atomic E-state index is 12.4. The summed E-state index contributed by atoms with van der Waals surface area (Å²) in [4.78, 5) is 26.7. The number of rotatable bonds is 4. The second-order valence-electron chi connectivity index (χ2n) is 11.7. The van der Waals surface area contributed by atoms with Gasteiger partial charge in [0.2, 0.25) is 0 Å². The topological polar surface area (TPSA) is 85.8 Å². The van der Waals surface area contributed by atoms with Gasteiger partial charge in [0.1, 0.15) is 17.6 Å². The predicted octanol–water partition coefficient (Wildman–Crippen LogP) is 3.35. The third kappa shape index (κ3) is 5.55. The molecule has 1 aliphatic carbocycles. The standard InChI is InChI=1S/C28H39N5O4S/c1-28(2,3)37-27(34)30(4)22-18-23(19-22)33-13-12-20-6-11-25(29-26(20)33)32-16-14-31(15-17-32)21-7-9-24(10-8-21)38(5,35)36/h6-13,20,22-23,26H,14-19H2,1-5H3/t20?,22-,23-,26?. The van der Waals surface area contributed by atoms with E-state index in [2.05, 4.69) is 39.1 Å². The van der Waals surface area contributed by atoms with Gasteiger partial charge in [0, 0.05) is 63.2 Å². The average molecular weight is 542 g/mol. The summed E-state index contributed by atoms with van der Waals surface area (Å²) in [6.07, 6.45) is 11.7. The van der Waals surface area contributed by atoms with Gasteiger partial charge in [0.05, 0.1) is 4.90 Å². The Hall–Kier alpha value is -3.01. The summed E-state index contributed by atoms with van der Waals surface area (Å²) < 4.78 is 29.0. The van der Waals surface area contributed by atoms with E-state index in [0.29, 0.717) is 10.9 Å². The van der Waals surface area contributed by atoms with E-state index >= 15 is 0 Å². The van der Waals surface area contributed by atoms with E-state index in [1.807, 2.05) is 40.0 Å². The highest BCUT2D eigenvalue weighted by Crippen LogP contribution is 2.38. The fraction of sp³-hybridized carbons (Fsp3) is 0.571. The third-order valence-corrected chi connectivity index (χ3v) is 8.96. The molecule has 1 amide bonds. The highest BCUT2D eigenvalue weighted by atomic mass is 32.2. The summed E-state index contributed by atoms with van der Waals surface area (Å²) in [7, 11) is -1.36. The Morgan fingerprint density at radius 2 is 1.66 bits per heavy atom. The molecule has 3 aliphatic heterocycles. The molecular weight excluding hydrogens is 502 g/mol. The van der Waals surface area contributed by atoms with Crippen molar-refractivity contribution in [1.82, 2.24) is 14.7 Å². The molecular formula is C28H39N5O4S. The lowest BCUT2D eigenvalue weighted by molar-refractivity contribution is -0.00153. The zero-order chi connectivity index (χ0) is 27.2. The van der Waals surface area contributed by atoms with Crippen LogP contribution < -0.4 is 4.90 Å². The molecule has 0 aromatic heterocycles. The van der Waals surface area contributed by atoms with Crippen LogP contribution in [0.1, 0.15) is 33.6 Å². The van der Waals surface area contributed by atoms with Gasteiger partial charge in [0.25, 0.3) is 0 Å². The highest BCUT2D eigenvalue weighted by Gasteiger charge is 2.43. The number of anilines is 1. The van der Waals surface area contributed by atoms with Crippen LogP contribution >= 0.6 is 0 Å². The van der Waals surface area contributed by atoms with Crippen molar-refractivity contribution in [2.45, 2.75) is 62.4 Å². The van der Waals surface area contributed by atoms with Crippen molar-refractivity contribution in [1.29, 1.82) is 0 Å². The van der Waals surface area contributed by atoms with Crippen LogP contribution in [0.4, 0.5) is 10.5 Å². The van der Waals surface area contributed by atoms with Crippen LogP contribution in [0.25, 0.3) is 0 Å². The lowest BCUT2D eigenvalue weighted by atomic mass is 9.84. The summed E-state index contributed by atoms with van der Waals surface area (Å²) in [6.45, 7) is 9.08. The molecule has 0 N–H and O–H groups in total. The Labute approximate surface area is 226 Å². The number of dihydropyridines is 1. The van der Waals surface area contributed by atoms with E-state index in [1.54, 1.807) is 17.0 Å². The van der Waals surface area contributed by atoms with Gasteiger partial charge in [-0.25, -0.2) is 18.2 Å². The van der Waals surface area contributed by atoms with Gasteiger partial charge in [-0.3, -0.25) is 0 Å². The minimum atomic E-state index is -3.19. The number of ether oxygens (including phenoxy) is 1. The van der Waals surface area contributed by atoms with Crippen molar-refractivity contribution in [3.8, 4) is 0 Å². The molecule has 1 saturated heterocycles. The molecule has 38 heavy (non-hydrogen) atoms. The molecule has 0 radical (unpaired) electrons. The summed E-state index contributed by atoms with van der Waals surface area (Å²) in [5.41, 5.74) is 0.549. The number of hydrogen-bond acceptors (Lipinski definition) is 8. The number of aliphatic imine (C=N–C) groups is 1. The van der Waals surface area contributed by atoms with Gasteiger partial charge in [0.15, 0.2) is 9.84 Å². The fourth-order valence-electron chi connectivity index (χ4n) is 5.50. The van der Waals surface area contributed by atoms with Crippen molar-refractivity contribution in [2.24, 2.45) is 10.9 Å². The number of benzene rings is 1. The molecule has 5 rings (SSSR count). The number of sulfone groups is 1. The second-order valence-corrected chi connectivity index (χ2v) is 13.8. The lowest BCUT2D eigenvalue weighted by Crippen LogP contribution is -2.56. The number of amidine groups is 1. The molecule has 9 nitrogen and oxygen atoms in total. The third-order valence-electron chi connectivity index (χ3n) is 7.84. The lowest BCUT2D eigenvalue weighted by Gasteiger charge is -2.47. The molecule has 1 aromatic rings. The van der Waals surface area contributed by atoms with Crippen LogP contribution in [0.2, 0.25) is 0 Å². The Bertz CT molecular complexity index is 1240. The summed E-state index contributed by atoms with van der Waals surface area (Å²) >= 11 is 0.